The van der Waals surface area contributed by atoms with E-state index in [2.05, 4.69) is 148 Å². The molecule has 0 fully saturated rings. The molecule has 0 radical (unpaired) electrons. The van der Waals surface area contributed by atoms with E-state index in [0.29, 0.717) is 17.4 Å². The first-order chi connectivity index (χ1) is 47.0. The van der Waals surface area contributed by atoms with Gasteiger partial charge >= 0.3 is 11.9 Å². The molecule has 2 atom stereocenters. The standard InChI is InChI=1S/C86H150NO8P/c1-6-8-10-12-14-16-18-20-22-24-26-28-30-32-34-36-38-39-40-41-42-43-44-45-46-47-49-51-53-55-57-59-61-63-65-67-69-71-73-75-77-79-86(89)95-84(83-94-96(90,91)93-81-80-87(3,4)5)82-92-85(88)78-76-74-72-70-68-66-64-62-60-58-56-54-52-50-48-37-35-33-31-29-27-25-23-21-19-17-15-13-11-9-7-2/h8-11,14-17,20-23,26-29,32,34,38-39,41-42,84H,6-7,12-13,18-19,24-25,30-31,33,35-37,40,43-83H2,1-5H3/b10-8-,11-9-,16-14-,17-15-,22-20-,23-21-,28-26-,29-27-,34-32-,39-38-,42-41-. The van der Waals surface area contributed by atoms with Crippen molar-refractivity contribution in [1.82, 2.24) is 0 Å². The fourth-order valence-corrected chi connectivity index (χ4v) is 11.9. The van der Waals surface area contributed by atoms with Crippen molar-refractivity contribution >= 4 is 19.8 Å². The number of carbonyl (C=O) groups is 2. The molecular formula is C86H150NO8P. The monoisotopic (exact) mass is 1360 g/mol. The van der Waals surface area contributed by atoms with E-state index in [-0.39, 0.29) is 32.0 Å². The second kappa shape index (κ2) is 75.4. The highest BCUT2D eigenvalue weighted by molar-refractivity contribution is 7.45. The molecule has 0 aromatic carbocycles. The number of carbonyl (C=O) groups excluding carboxylic acids is 2. The molecule has 0 amide bonds. The van der Waals surface area contributed by atoms with Crippen molar-refractivity contribution in [3.8, 4) is 0 Å². The van der Waals surface area contributed by atoms with E-state index in [1.54, 1.807) is 0 Å². The third-order valence-electron chi connectivity index (χ3n) is 17.2. The predicted molar refractivity (Wildman–Crippen MR) is 415 cm³/mol. The molecular weight excluding hydrogens is 1210 g/mol. The van der Waals surface area contributed by atoms with Crippen LogP contribution in [0.2, 0.25) is 0 Å². The fraction of sp³-hybridized carbons (Fsp3) is 0.721. The van der Waals surface area contributed by atoms with Gasteiger partial charge in [-0.25, -0.2) is 0 Å². The maximum absolute atomic E-state index is 12.9. The summed E-state index contributed by atoms with van der Waals surface area (Å²) in [6, 6.07) is 0. The van der Waals surface area contributed by atoms with Gasteiger partial charge in [0.1, 0.15) is 19.8 Å². The average molecular weight is 1360 g/mol. The van der Waals surface area contributed by atoms with Crippen LogP contribution in [0.25, 0.3) is 0 Å². The minimum atomic E-state index is -4.65. The Morgan fingerprint density at radius 2 is 0.562 bits per heavy atom. The molecule has 10 heteroatoms. The van der Waals surface area contributed by atoms with Crippen molar-refractivity contribution in [3.05, 3.63) is 134 Å². The lowest BCUT2D eigenvalue weighted by Crippen LogP contribution is -2.37. The minimum absolute atomic E-state index is 0.0327. The van der Waals surface area contributed by atoms with Gasteiger partial charge in [-0.15, -0.1) is 0 Å². The molecule has 0 aliphatic rings. The van der Waals surface area contributed by atoms with Crippen molar-refractivity contribution in [2.75, 3.05) is 47.5 Å². The van der Waals surface area contributed by atoms with E-state index >= 15 is 0 Å². The molecule has 0 aromatic rings. The zero-order valence-electron chi connectivity index (χ0n) is 63.0. The first-order valence-electron chi connectivity index (χ1n) is 39.9. The highest BCUT2D eigenvalue weighted by Crippen LogP contribution is 2.38. The SMILES string of the molecule is CC/C=C\C/C=C\C/C=C\C/C=C\C/C=C\C/C=C\C/C=C\CCCCCCCCCCCCCCCCCCCCCC(=O)OC(COC(=O)CCCCCCCCCCCCCCCCCCCC/C=C\C/C=C\C/C=C\C/C=C\CC)COP(=O)([O-])OCC[N+](C)(C)C. The van der Waals surface area contributed by atoms with Crippen LogP contribution in [0, 0.1) is 0 Å². The Morgan fingerprint density at radius 3 is 0.833 bits per heavy atom. The third kappa shape index (κ3) is 79.1. The number of allylic oxidation sites excluding steroid dienone is 22. The highest BCUT2D eigenvalue weighted by Gasteiger charge is 2.22. The van der Waals surface area contributed by atoms with Crippen LogP contribution in [0.1, 0.15) is 348 Å². The number of hydrogen-bond donors (Lipinski definition) is 0. The predicted octanol–water partition coefficient (Wildman–Crippen LogP) is 26.1. The average Bonchev–Trinajstić information content (AvgIpc) is 2.54. The topological polar surface area (TPSA) is 111 Å². The van der Waals surface area contributed by atoms with Gasteiger partial charge in [0, 0.05) is 12.8 Å². The lowest BCUT2D eigenvalue weighted by Gasteiger charge is -2.28. The fourth-order valence-electron chi connectivity index (χ4n) is 11.2. The van der Waals surface area contributed by atoms with Crippen LogP contribution in [0.5, 0.6) is 0 Å². The molecule has 0 rings (SSSR count). The summed E-state index contributed by atoms with van der Waals surface area (Å²) in [5.41, 5.74) is 0. The van der Waals surface area contributed by atoms with Crippen LogP contribution in [0.15, 0.2) is 134 Å². The molecule has 0 aliphatic carbocycles. The number of phosphoric acid groups is 1. The lowest BCUT2D eigenvalue weighted by atomic mass is 10.0. The van der Waals surface area contributed by atoms with E-state index in [1.165, 1.54) is 205 Å². The van der Waals surface area contributed by atoms with E-state index in [1.807, 2.05) is 21.1 Å². The second-order valence-corrected chi connectivity index (χ2v) is 29.1. The molecule has 0 bridgehead atoms. The Hall–Kier alpha value is -3.85. The number of esters is 2. The maximum Gasteiger partial charge on any atom is 0.306 e. The smallest absolute Gasteiger partial charge is 0.306 e. The molecule has 552 valence electrons. The summed E-state index contributed by atoms with van der Waals surface area (Å²) in [6.07, 6.45) is 110. The van der Waals surface area contributed by atoms with Gasteiger partial charge in [0.05, 0.1) is 27.7 Å². The summed E-state index contributed by atoms with van der Waals surface area (Å²) in [6.45, 7) is 4.05. The molecule has 9 nitrogen and oxygen atoms in total. The number of likely N-dealkylation sites (N-methyl/N-ethyl adjacent to an activating group) is 1. The van der Waals surface area contributed by atoms with E-state index in [9.17, 15) is 19.0 Å². The van der Waals surface area contributed by atoms with Crippen molar-refractivity contribution in [2.45, 2.75) is 354 Å². The molecule has 0 N–H and O–H groups in total. The highest BCUT2D eigenvalue weighted by atomic mass is 31.2. The lowest BCUT2D eigenvalue weighted by molar-refractivity contribution is -0.870. The molecule has 0 saturated heterocycles. The Morgan fingerprint density at radius 1 is 0.323 bits per heavy atom. The van der Waals surface area contributed by atoms with Gasteiger partial charge in [0.25, 0.3) is 7.82 Å². The van der Waals surface area contributed by atoms with E-state index in [4.69, 9.17) is 18.5 Å². The summed E-state index contributed by atoms with van der Waals surface area (Å²) in [5.74, 6) is -0.821. The number of nitrogens with zero attached hydrogens (tertiary/aromatic N) is 1. The van der Waals surface area contributed by atoms with E-state index < -0.39 is 26.5 Å². The van der Waals surface area contributed by atoms with Crippen LogP contribution in [-0.4, -0.2) is 70.0 Å². The van der Waals surface area contributed by atoms with Gasteiger partial charge in [-0.2, -0.15) is 0 Å². The van der Waals surface area contributed by atoms with Crippen LogP contribution in [0.4, 0.5) is 0 Å². The number of rotatable bonds is 73. The molecule has 0 spiro atoms. The number of phosphoric ester groups is 1. The summed E-state index contributed by atoms with van der Waals surface area (Å²) >= 11 is 0. The zero-order valence-corrected chi connectivity index (χ0v) is 63.9. The first kappa shape index (κ1) is 92.2. The molecule has 96 heavy (non-hydrogen) atoms. The van der Waals surface area contributed by atoms with Gasteiger partial charge < -0.3 is 27.9 Å². The Labute approximate surface area is 593 Å². The zero-order chi connectivity index (χ0) is 69.7. The number of quaternary nitrogens is 1. The summed E-state index contributed by atoms with van der Waals surface area (Å²) in [4.78, 5) is 38.2. The molecule has 0 aliphatic heterocycles. The van der Waals surface area contributed by atoms with Gasteiger partial charge in [-0.1, -0.05) is 359 Å². The summed E-state index contributed by atoms with van der Waals surface area (Å²) < 4.78 is 34.4. The molecule has 0 aromatic heterocycles. The van der Waals surface area contributed by atoms with Gasteiger partial charge in [-0.05, 0) is 109 Å². The van der Waals surface area contributed by atoms with Crippen LogP contribution in [0.3, 0.4) is 0 Å². The van der Waals surface area contributed by atoms with E-state index in [0.717, 1.165) is 109 Å². The van der Waals surface area contributed by atoms with Gasteiger partial charge in [0.2, 0.25) is 0 Å². The van der Waals surface area contributed by atoms with Crippen molar-refractivity contribution in [2.24, 2.45) is 0 Å². The Kier molecular flexibility index (Phi) is 72.3. The largest absolute Gasteiger partial charge is 0.756 e. The van der Waals surface area contributed by atoms with Crippen LogP contribution in [-0.2, 0) is 32.7 Å². The van der Waals surface area contributed by atoms with Gasteiger partial charge in [0.15, 0.2) is 6.10 Å². The maximum atomic E-state index is 12.9. The molecule has 0 heterocycles. The Balaban J connectivity index is 3.95. The Bertz CT molecular complexity index is 2090. The normalized spacial score (nSPS) is 13.8. The van der Waals surface area contributed by atoms with Crippen LogP contribution >= 0.6 is 7.82 Å². The van der Waals surface area contributed by atoms with Crippen molar-refractivity contribution < 1.29 is 42.1 Å². The second-order valence-electron chi connectivity index (χ2n) is 27.7. The molecule has 0 saturated carbocycles. The number of unbranched alkanes of at least 4 members (excludes halogenated alkanes) is 37. The third-order valence-corrected chi connectivity index (χ3v) is 18.1. The van der Waals surface area contributed by atoms with Gasteiger partial charge in [-0.3, -0.25) is 14.2 Å². The first-order valence-corrected chi connectivity index (χ1v) is 41.4. The van der Waals surface area contributed by atoms with Crippen molar-refractivity contribution in [3.63, 3.8) is 0 Å². The quantitative estimate of drug-likeness (QED) is 0.0195. The van der Waals surface area contributed by atoms with Crippen molar-refractivity contribution in [1.29, 1.82) is 0 Å². The number of hydrogen-bond acceptors (Lipinski definition) is 8. The van der Waals surface area contributed by atoms with Crippen LogP contribution < -0.4 is 4.89 Å². The summed E-state index contributed by atoms with van der Waals surface area (Å²) in [5, 5.41) is 0. The molecule has 2 unspecified atom stereocenters. The minimum Gasteiger partial charge on any atom is -0.756 e. The number of ether oxygens (including phenoxy) is 2. The summed E-state index contributed by atoms with van der Waals surface area (Å²) in [7, 11) is 1.17.